The highest BCUT2D eigenvalue weighted by Gasteiger charge is 2.55. The van der Waals surface area contributed by atoms with Crippen molar-refractivity contribution in [3.05, 3.63) is 12.2 Å². The van der Waals surface area contributed by atoms with Crippen LogP contribution in [0.4, 0.5) is 22.0 Å². The minimum atomic E-state index is -4.95. The lowest BCUT2D eigenvalue weighted by atomic mass is 9.85. The van der Waals surface area contributed by atoms with E-state index in [0.717, 1.165) is 6.42 Å². The van der Waals surface area contributed by atoms with Crippen LogP contribution in [0.3, 0.4) is 0 Å². The summed E-state index contributed by atoms with van der Waals surface area (Å²) >= 11 is 0. The van der Waals surface area contributed by atoms with Gasteiger partial charge in [-0.1, -0.05) is 32.8 Å². The summed E-state index contributed by atoms with van der Waals surface area (Å²) in [6.07, 6.45) is -8.21. The maximum atomic E-state index is 14.3. The highest BCUT2D eigenvalue weighted by Crippen LogP contribution is 2.38. The van der Waals surface area contributed by atoms with Gasteiger partial charge in [0.25, 0.3) is 0 Å². The van der Waals surface area contributed by atoms with Crippen molar-refractivity contribution in [1.29, 1.82) is 0 Å². The van der Waals surface area contributed by atoms with Gasteiger partial charge in [-0.25, -0.2) is 9.59 Å². The zero-order valence-electron chi connectivity index (χ0n) is 14.7. The van der Waals surface area contributed by atoms with E-state index in [2.05, 4.69) is 16.1 Å². The average molecular weight is 386 g/mol. The summed E-state index contributed by atoms with van der Waals surface area (Å²) in [5.74, 6) is -8.96. The quantitative estimate of drug-likeness (QED) is 0.365. The van der Waals surface area contributed by atoms with Crippen LogP contribution in [-0.2, 0) is 19.1 Å². The standard InChI is InChI=1S/C17H23F5O4/c1-4-12(25-14(23)10(2)3)16(18,19)15(24)26-13(17(20,21)22)11-8-6-5-7-9-11/h11-13H,2,4-9H2,1,3H3. The summed E-state index contributed by atoms with van der Waals surface area (Å²) in [6.45, 7) is 5.65. The molecule has 150 valence electrons. The van der Waals surface area contributed by atoms with E-state index in [4.69, 9.17) is 0 Å². The number of rotatable bonds is 7. The van der Waals surface area contributed by atoms with Crippen LogP contribution >= 0.6 is 0 Å². The second-order valence-electron chi connectivity index (χ2n) is 6.47. The largest absolute Gasteiger partial charge is 0.452 e. The Bertz CT molecular complexity index is 524. The Balaban J connectivity index is 2.94. The summed E-state index contributed by atoms with van der Waals surface area (Å²) in [5, 5.41) is 0. The molecule has 0 spiro atoms. The minimum Gasteiger partial charge on any atom is -0.452 e. The Kier molecular flexibility index (Phi) is 7.58. The second-order valence-corrected chi connectivity index (χ2v) is 6.47. The van der Waals surface area contributed by atoms with E-state index < -0.39 is 48.6 Å². The van der Waals surface area contributed by atoms with E-state index in [1.807, 2.05) is 0 Å². The number of hydrogen-bond acceptors (Lipinski definition) is 4. The van der Waals surface area contributed by atoms with Crippen LogP contribution in [0.25, 0.3) is 0 Å². The van der Waals surface area contributed by atoms with Crippen molar-refractivity contribution in [3.63, 3.8) is 0 Å². The Morgan fingerprint density at radius 3 is 2.04 bits per heavy atom. The van der Waals surface area contributed by atoms with Crippen LogP contribution < -0.4 is 0 Å². The van der Waals surface area contributed by atoms with Gasteiger partial charge in [-0.15, -0.1) is 0 Å². The highest BCUT2D eigenvalue weighted by atomic mass is 19.4. The molecule has 0 bridgehead atoms. The van der Waals surface area contributed by atoms with Gasteiger partial charge in [0, 0.05) is 11.5 Å². The number of alkyl halides is 5. The van der Waals surface area contributed by atoms with Crippen LogP contribution in [0.15, 0.2) is 12.2 Å². The van der Waals surface area contributed by atoms with E-state index in [1.54, 1.807) is 0 Å². The van der Waals surface area contributed by atoms with E-state index in [1.165, 1.54) is 13.8 Å². The van der Waals surface area contributed by atoms with Crippen LogP contribution in [0.5, 0.6) is 0 Å². The van der Waals surface area contributed by atoms with Crippen molar-refractivity contribution in [2.24, 2.45) is 5.92 Å². The van der Waals surface area contributed by atoms with Gasteiger partial charge < -0.3 is 9.47 Å². The van der Waals surface area contributed by atoms with Gasteiger partial charge in [-0.2, -0.15) is 22.0 Å². The number of ether oxygens (including phenoxy) is 2. The first-order valence-electron chi connectivity index (χ1n) is 8.43. The molecule has 1 aliphatic rings. The molecule has 0 aromatic rings. The molecular weight excluding hydrogens is 363 g/mol. The van der Waals surface area contributed by atoms with Crippen molar-refractivity contribution >= 4 is 11.9 Å². The van der Waals surface area contributed by atoms with Crippen LogP contribution in [0.1, 0.15) is 52.4 Å². The molecule has 0 amide bonds. The molecule has 0 N–H and O–H groups in total. The van der Waals surface area contributed by atoms with Crippen LogP contribution in [0, 0.1) is 5.92 Å². The predicted octanol–water partition coefficient (Wildman–Crippen LogP) is 4.57. The Morgan fingerprint density at radius 1 is 1.08 bits per heavy atom. The maximum Gasteiger partial charge on any atom is 0.425 e. The molecule has 0 aliphatic heterocycles. The molecule has 0 aromatic heterocycles. The molecule has 9 heteroatoms. The third-order valence-electron chi connectivity index (χ3n) is 4.28. The Morgan fingerprint density at radius 2 is 1.62 bits per heavy atom. The molecule has 0 saturated heterocycles. The predicted molar refractivity (Wildman–Crippen MR) is 82.4 cm³/mol. The van der Waals surface area contributed by atoms with Gasteiger partial charge in [0.2, 0.25) is 0 Å². The molecule has 2 atom stereocenters. The molecule has 0 heterocycles. The fourth-order valence-corrected chi connectivity index (χ4v) is 2.84. The molecule has 1 fully saturated rings. The first kappa shape index (κ1) is 22.4. The van der Waals surface area contributed by atoms with Gasteiger partial charge in [-0.3, -0.25) is 0 Å². The maximum absolute atomic E-state index is 14.3. The fraction of sp³-hybridized carbons (Fsp3) is 0.765. The van der Waals surface area contributed by atoms with E-state index in [9.17, 15) is 31.5 Å². The van der Waals surface area contributed by atoms with Crippen molar-refractivity contribution in [2.75, 3.05) is 0 Å². The van der Waals surface area contributed by atoms with Crippen LogP contribution in [-0.4, -0.2) is 36.2 Å². The van der Waals surface area contributed by atoms with Gasteiger partial charge in [-0.05, 0) is 26.2 Å². The number of esters is 2. The monoisotopic (exact) mass is 386 g/mol. The third-order valence-corrected chi connectivity index (χ3v) is 4.28. The number of carbonyl (C=O) groups excluding carboxylic acids is 2. The summed E-state index contributed by atoms with van der Waals surface area (Å²) in [5.41, 5.74) is -0.178. The second kappa shape index (κ2) is 8.81. The summed E-state index contributed by atoms with van der Waals surface area (Å²) in [4.78, 5) is 23.3. The third kappa shape index (κ3) is 5.67. The van der Waals surface area contributed by atoms with Crippen molar-refractivity contribution in [2.45, 2.75) is 76.7 Å². The summed E-state index contributed by atoms with van der Waals surface area (Å²) in [6, 6.07) is 0. The van der Waals surface area contributed by atoms with E-state index in [-0.39, 0.29) is 18.4 Å². The van der Waals surface area contributed by atoms with Crippen molar-refractivity contribution in [1.82, 2.24) is 0 Å². The average Bonchev–Trinajstić information content (AvgIpc) is 2.56. The lowest BCUT2D eigenvalue weighted by Gasteiger charge is -2.33. The molecule has 0 aromatic carbocycles. The normalized spacial score (nSPS) is 18.7. The lowest BCUT2D eigenvalue weighted by Crippen LogP contribution is -2.49. The lowest BCUT2D eigenvalue weighted by molar-refractivity contribution is -0.252. The number of carbonyl (C=O) groups is 2. The smallest absolute Gasteiger partial charge is 0.425 e. The Hall–Kier alpha value is -1.67. The van der Waals surface area contributed by atoms with Gasteiger partial charge >= 0.3 is 24.0 Å². The topological polar surface area (TPSA) is 52.6 Å². The summed E-state index contributed by atoms with van der Waals surface area (Å²) < 4.78 is 76.9. The minimum absolute atomic E-state index is 0.144. The Labute approximate surface area is 148 Å². The van der Waals surface area contributed by atoms with Gasteiger partial charge in [0.1, 0.15) is 0 Å². The van der Waals surface area contributed by atoms with Gasteiger partial charge in [0.05, 0.1) is 0 Å². The first-order valence-corrected chi connectivity index (χ1v) is 8.43. The van der Waals surface area contributed by atoms with Gasteiger partial charge in [0.15, 0.2) is 12.2 Å². The molecular formula is C17H23F5O4. The zero-order chi connectivity index (χ0) is 20.1. The molecule has 0 radical (unpaired) electrons. The first-order chi connectivity index (χ1) is 11.9. The SMILES string of the molecule is C=C(C)C(=O)OC(CC)C(F)(F)C(=O)OC(C1CCCCC1)C(F)(F)F. The van der Waals surface area contributed by atoms with Crippen molar-refractivity contribution in [3.8, 4) is 0 Å². The molecule has 1 rings (SSSR count). The summed E-state index contributed by atoms with van der Waals surface area (Å²) in [7, 11) is 0. The van der Waals surface area contributed by atoms with Crippen LogP contribution in [0.2, 0.25) is 0 Å². The van der Waals surface area contributed by atoms with Crippen molar-refractivity contribution < 1.29 is 41.0 Å². The number of halogens is 5. The molecule has 2 unspecified atom stereocenters. The zero-order valence-corrected chi connectivity index (χ0v) is 14.7. The van der Waals surface area contributed by atoms with E-state index >= 15 is 0 Å². The molecule has 26 heavy (non-hydrogen) atoms. The molecule has 4 nitrogen and oxygen atoms in total. The number of hydrogen-bond donors (Lipinski definition) is 0. The highest BCUT2D eigenvalue weighted by molar-refractivity contribution is 5.87. The molecule has 1 aliphatic carbocycles. The molecule has 1 saturated carbocycles. The van der Waals surface area contributed by atoms with E-state index in [0.29, 0.717) is 12.8 Å². The fourth-order valence-electron chi connectivity index (χ4n) is 2.84.